The number of hydrogen-bond donors (Lipinski definition) is 0. The second-order valence-corrected chi connectivity index (χ2v) is 6.76. The SMILES string of the molecule is CC(C)Oc1ccc(C(C)(C)C)cc1C(=O)C(C)Cl. The summed E-state index contributed by atoms with van der Waals surface area (Å²) in [4.78, 5) is 12.2. The molecule has 106 valence electrons. The number of hydrogen-bond acceptors (Lipinski definition) is 2. The van der Waals surface area contributed by atoms with Gasteiger partial charge in [0, 0.05) is 0 Å². The van der Waals surface area contributed by atoms with Crippen LogP contribution in [-0.4, -0.2) is 17.3 Å². The zero-order valence-corrected chi connectivity index (χ0v) is 13.3. The number of ether oxygens (including phenoxy) is 1. The first-order valence-corrected chi connectivity index (χ1v) is 7.06. The van der Waals surface area contributed by atoms with E-state index in [2.05, 4.69) is 20.8 Å². The van der Waals surface area contributed by atoms with Crippen LogP contribution < -0.4 is 4.74 Å². The lowest BCUT2D eigenvalue weighted by molar-refractivity contribution is 0.0986. The third kappa shape index (κ3) is 4.24. The molecule has 2 nitrogen and oxygen atoms in total. The number of alkyl halides is 1. The van der Waals surface area contributed by atoms with Crippen LogP contribution in [0, 0.1) is 0 Å². The lowest BCUT2D eigenvalue weighted by Crippen LogP contribution is -2.18. The molecule has 0 saturated carbocycles. The highest BCUT2D eigenvalue weighted by molar-refractivity contribution is 6.34. The molecule has 0 bridgehead atoms. The van der Waals surface area contributed by atoms with Crippen LogP contribution in [0.5, 0.6) is 5.75 Å². The van der Waals surface area contributed by atoms with Gasteiger partial charge >= 0.3 is 0 Å². The van der Waals surface area contributed by atoms with E-state index in [1.807, 2.05) is 32.0 Å². The second kappa shape index (κ2) is 5.96. The van der Waals surface area contributed by atoms with Gasteiger partial charge in [0.25, 0.3) is 0 Å². The van der Waals surface area contributed by atoms with E-state index in [-0.39, 0.29) is 17.3 Å². The van der Waals surface area contributed by atoms with E-state index in [4.69, 9.17) is 16.3 Å². The fourth-order valence-corrected chi connectivity index (χ4v) is 1.88. The van der Waals surface area contributed by atoms with E-state index in [9.17, 15) is 4.79 Å². The largest absolute Gasteiger partial charge is 0.490 e. The summed E-state index contributed by atoms with van der Waals surface area (Å²) in [5.41, 5.74) is 1.66. The number of carbonyl (C=O) groups excluding carboxylic acids is 1. The molecule has 0 aromatic heterocycles. The van der Waals surface area contributed by atoms with Gasteiger partial charge in [0.05, 0.1) is 17.0 Å². The number of ketones is 1. The summed E-state index contributed by atoms with van der Waals surface area (Å²) in [6, 6.07) is 5.78. The number of Topliss-reactive ketones (excluding diaryl/α,β-unsaturated/α-hetero) is 1. The Kier molecular flexibility index (Phi) is 5.03. The molecule has 0 fully saturated rings. The van der Waals surface area contributed by atoms with Crippen LogP contribution in [0.3, 0.4) is 0 Å². The maximum Gasteiger partial charge on any atom is 0.184 e. The van der Waals surface area contributed by atoms with Crippen molar-refractivity contribution in [2.24, 2.45) is 0 Å². The van der Waals surface area contributed by atoms with Gasteiger partial charge < -0.3 is 4.74 Å². The smallest absolute Gasteiger partial charge is 0.184 e. The maximum absolute atomic E-state index is 12.2. The Bertz CT molecular complexity index is 456. The summed E-state index contributed by atoms with van der Waals surface area (Å²) in [6.07, 6.45) is 0.0256. The van der Waals surface area contributed by atoms with Crippen LogP contribution in [0.25, 0.3) is 0 Å². The summed E-state index contributed by atoms with van der Waals surface area (Å²) in [5.74, 6) is 0.518. The normalized spacial score (nSPS) is 13.5. The molecule has 0 saturated heterocycles. The topological polar surface area (TPSA) is 26.3 Å². The Labute approximate surface area is 121 Å². The van der Waals surface area contributed by atoms with Crippen LogP contribution in [0.15, 0.2) is 18.2 Å². The average molecular weight is 283 g/mol. The zero-order chi connectivity index (χ0) is 14.8. The summed E-state index contributed by atoms with van der Waals surface area (Å²) < 4.78 is 5.70. The molecule has 0 N–H and O–H groups in total. The number of rotatable bonds is 4. The van der Waals surface area contributed by atoms with E-state index in [0.29, 0.717) is 11.3 Å². The summed E-state index contributed by atoms with van der Waals surface area (Å²) in [5, 5.41) is -0.551. The molecule has 1 aromatic carbocycles. The first-order valence-electron chi connectivity index (χ1n) is 6.62. The molecule has 1 atom stereocenters. The van der Waals surface area contributed by atoms with Crippen LogP contribution >= 0.6 is 11.6 Å². The molecule has 1 aromatic rings. The Morgan fingerprint density at radius 3 is 2.21 bits per heavy atom. The van der Waals surface area contributed by atoms with Gasteiger partial charge in [-0.05, 0) is 43.9 Å². The molecule has 0 aliphatic rings. The van der Waals surface area contributed by atoms with Crippen molar-refractivity contribution in [2.75, 3.05) is 0 Å². The second-order valence-electron chi connectivity index (χ2n) is 6.11. The molecule has 0 amide bonds. The Morgan fingerprint density at radius 2 is 1.79 bits per heavy atom. The van der Waals surface area contributed by atoms with Crippen LogP contribution in [-0.2, 0) is 5.41 Å². The molecule has 0 aliphatic carbocycles. The van der Waals surface area contributed by atoms with Gasteiger partial charge in [-0.25, -0.2) is 0 Å². The number of halogens is 1. The van der Waals surface area contributed by atoms with Crippen molar-refractivity contribution in [1.29, 1.82) is 0 Å². The summed E-state index contributed by atoms with van der Waals surface area (Å²) in [6.45, 7) is 11.9. The quantitative estimate of drug-likeness (QED) is 0.597. The molecule has 0 heterocycles. The van der Waals surface area contributed by atoms with Gasteiger partial charge in [-0.3, -0.25) is 4.79 Å². The lowest BCUT2D eigenvalue weighted by Gasteiger charge is -2.22. The summed E-state index contributed by atoms with van der Waals surface area (Å²) >= 11 is 5.93. The lowest BCUT2D eigenvalue weighted by atomic mass is 9.85. The predicted octanol–water partition coefficient (Wildman–Crippen LogP) is 4.58. The number of benzene rings is 1. The van der Waals surface area contributed by atoms with E-state index in [1.165, 1.54) is 0 Å². The fraction of sp³-hybridized carbons (Fsp3) is 0.562. The van der Waals surface area contributed by atoms with Crippen LogP contribution in [0.1, 0.15) is 57.5 Å². The molecule has 0 spiro atoms. The maximum atomic E-state index is 12.2. The number of carbonyl (C=O) groups is 1. The molecule has 0 aliphatic heterocycles. The van der Waals surface area contributed by atoms with Crippen molar-refractivity contribution in [3.63, 3.8) is 0 Å². The molecule has 1 rings (SSSR count). The van der Waals surface area contributed by atoms with Crippen molar-refractivity contribution in [1.82, 2.24) is 0 Å². The zero-order valence-electron chi connectivity index (χ0n) is 12.6. The third-order valence-electron chi connectivity index (χ3n) is 2.84. The predicted molar refractivity (Wildman–Crippen MR) is 80.6 cm³/mol. The fourth-order valence-electron chi connectivity index (χ4n) is 1.76. The van der Waals surface area contributed by atoms with Crippen molar-refractivity contribution < 1.29 is 9.53 Å². The first kappa shape index (κ1) is 16.0. The minimum absolute atomic E-state index is 0.0130. The highest BCUT2D eigenvalue weighted by atomic mass is 35.5. The van der Waals surface area contributed by atoms with Gasteiger partial charge in [0.2, 0.25) is 0 Å². The standard InChI is InChI=1S/C16H23ClO2/c1-10(2)19-14-8-7-12(16(4,5)6)9-13(14)15(18)11(3)17/h7-11H,1-6H3. The van der Waals surface area contributed by atoms with Crippen molar-refractivity contribution in [3.05, 3.63) is 29.3 Å². The molecule has 19 heavy (non-hydrogen) atoms. The minimum Gasteiger partial charge on any atom is -0.490 e. The molecular formula is C16H23ClO2. The van der Waals surface area contributed by atoms with Gasteiger partial charge in [0.15, 0.2) is 5.78 Å². The highest BCUT2D eigenvalue weighted by Gasteiger charge is 2.22. The Morgan fingerprint density at radius 1 is 1.21 bits per heavy atom. The van der Waals surface area contributed by atoms with E-state index in [0.717, 1.165) is 5.56 Å². The molecule has 0 radical (unpaired) electrons. The highest BCUT2D eigenvalue weighted by Crippen LogP contribution is 2.30. The van der Waals surface area contributed by atoms with Gasteiger partial charge in [0.1, 0.15) is 5.75 Å². The van der Waals surface area contributed by atoms with Crippen molar-refractivity contribution in [3.8, 4) is 5.75 Å². The van der Waals surface area contributed by atoms with Crippen LogP contribution in [0.4, 0.5) is 0 Å². The first-order chi connectivity index (χ1) is 8.62. The average Bonchev–Trinajstić information content (AvgIpc) is 2.26. The summed E-state index contributed by atoms with van der Waals surface area (Å²) in [7, 11) is 0. The van der Waals surface area contributed by atoms with Gasteiger partial charge in [-0.15, -0.1) is 11.6 Å². The molecular weight excluding hydrogens is 260 g/mol. The molecule has 1 unspecified atom stereocenters. The monoisotopic (exact) mass is 282 g/mol. The van der Waals surface area contributed by atoms with Crippen molar-refractivity contribution in [2.45, 2.75) is 58.4 Å². The molecule has 3 heteroatoms. The van der Waals surface area contributed by atoms with Gasteiger partial charge in [-0.2, -0.15) is 0 Å². The Hall–Kier alpha value is -1.02. The Balaban J connectivity index is 3.30. The van der Waals surface area contributed by atoms with E-state index >= 15 is 0 Å². The van der Waals surface area contributed by atoms with Crippen molar-refractivity contribution >= 4 is 17.4 Å². The van der Waals surface area contributed by atoms with E-state index in [1.54, 1.807) is 6.92 Å². The third-order valence-corrected chi connectivity index (χ3v) is 3.03. The van der Waals surface area contributed by atoms with E-state index < -0.39 is 5.38 Å². The van der Waals surface area contributed by atoms with Crippen LogP contribution in [0.2, 0.25) is 0 Å². The van der Waals surface area contributed by atoms with Gasteiger partial charge in [-0.1, -0.05) is 26.8 Å². The minimum atomic E-state index is -0.551.